The molecular weight excluding hydrogens is 128 g/mol. The Balaban J connectivity index is 2.13. The van der Waals surface area contributed by atoms with Crippen LogP contribution in [-0.2, 0) is 4.74 Å². The van der Waals surface area contributed by atoms with Crippen molar-refractivity contribution in [3.8, 4) is 0 Å². The number of nitrogens with zero attached hydrogens (tertiary/aromatic N) is 1. The number of nitrogens with two attached hydrogens (primary N) is 1. The van der Waals surface area contributed by atoms with Gasteiger partial charge in [-0.15, -0.1) is 0 Å². The molecule has 3 nitrogen and oxygen atoms in total. The number of hydrogen-bond donors (Lipinski definition) is 1. The summed E-state index contributed by atoms with van der Waals surface area (Å²) < 4.78 is 5.34. The van der Waals surface area contributed by atoms with Crippen LogP contribution in [0.3, 0.4) is 0 Å². The molecule has 0 aliphatic carbocycles. The molecule has 1 saturated heterocycles. The van der Waals surface area contributed by atoms with E-state index < -0.39 is 0 Å². The van der Waals surface area contributed by atoms with E-state index in [0.29, 0.717) is 12.8 Å². The molecule has 1 radical (unpaired) electrons. The molecule has 3 heteroatoms. The van der Waals surface area contributed by atoms with Crippen LogP contribution in [-0.4, -0.2) is 25.4 Å². The second kappa shape index (κ2) is 3.91. The third-order valence-corrected chi connectivity index (χ3v) is 1.65. The van der Waals surface area contributed by atoms with Crippen molar-refractivity contribution in [1.29, 1.82) is 0 Å². The molecule has 0 aromatic carbocycles. The lowest BCUT2D eigenvalue weighted by atomic mass is 10.1. The average molecular weight is 143 g/mol. The quantitative estimate of drug-likeness (QED) is 0.595. The highest BCUT2D eigenvalue weighted by molar-refractivity contribution is 4.68. The third-order valence-electron chi connectivity index (χ3n) is 1.65. The van der Waals surface area contributed by atoms with Crippen molar-refractivity contribution in [3.05, 3.63) is 0 Å². The van der Waals surface area contributed by atoms with E-state index in [4.69, 9.17) is 10.5 Å². The summed E-state index contributed by atoms with van der Waals surface area (Å²) in [6.07, 6.45) is 2.37. The molecule has 1 aliphatic rings. The third kappa shape index (κ3) is 2.64. The van der Waals surface area contributed by atoms with Crippen LogP contribution in [0.1, 0.15) is 19.8 Å². The Morgan fingerprint density at radius 3 is 3.10 bits per heavy atom. The van der Waals surface area contributed by atoms with Gasteiger partial charge >= 0.3 is 0 Å². The monoisotopic (exact) mass is 143 g/mol. The van der Waals surface area contributed by atoms with Crippen molar-refractivity contribution in [2.45, 2.75) is 31.9 Å². The SMILES string of the molecule is CC(N)CC1CC[N]CO1. The van der Waals surface area contributed by atoms with E-state index in [0.717, 1.165) is 19.4 Å². The van der Waals surface area contributed by atoms with E-state index in [1.165, 1.54) is 0 Å². The summed E-state index contributed by atoms with van der Waals surface area (Å²) in [6.45, 7) is 3.52. The Bertz CT molecular complexity index is 89.6. The minimum absolute atomic E-state index is 0.253. The Morgan fingerprint density at radius 1 is 1.80 bits per heavy atom. The van der Waals surface area contributed by atoms with Crippen molar-refractivity contribution in [2.24, 2.45) is 5.73 Å². The van der Waals surface area contributed by atoms with Gasteiger partial charge in [-0.25, -0.2) is 5.32 Å². The van der Waals surface area contributed by atoms with E-state index in [-0.39, 0.29) is 6.04 Å². The van der Waals surface area contributed by atoms with Crippen molar-refractivity contribution < 1.29 is 4.74 Å². The van der Waals surface area contributed by atoms with Crippen LogP contribution in [0.15, 0.2) is 0 Å². The minimum Gasteiger partial charge on any atom is -0.361 e. The molecule has 10 heavy (non-hydrogen) atoms. The molecule has 0 bridgehead atoms. The lowest BCUT2D eigenvalue weighted by molar-refractivity contribution is -0.00213. The van der Waals surface area contributed by atoms with Crippen molar-refractivity contribution >= 4 is 0 Å². The summed E-state index contributed by atoms with van der Waals surface area (Å²) in [5, 5.41) is 4.07. The van der Waals surface area contributed by atoms with Crippen molar-refractivity contribution in [1.82, 2.24) is 5.32 Å². The maximum absolute atomic E-state index is 5.61. The smallest absolute Gasteiger partial charge is 0.112 e. The first-order valence-electron chi connectivity index (χ1n) is 3.79. The molecule has 0 aromatic rings. The maximum atomic E-state index is 5.61. The topological polar surface area (TPSA) is 49.4 Å². The van der Waals surface area contributed by atoms with Gasteiger partial charge in [0, 0.05) is 12.6 Å². The first kappa shape index (κ1) is 7.98. The van der Waals surface area contributed by atoms with Crippen molar-refractivity contribution in [2.75, 3.05) is 13.3 Å². The summed E-state index contributed by atoms with van der Waals surface area (Å²) in [4.78, 5) is 0. The van der Waals surface area contributed by atoms with Gasteiger partial charge in [0.15, 0.2) is 0 Å². The largest absolute Gasteiger partial charge is 0.361 e. The molecule has 1 aliphatic heterocycles. The fraction of sp³-hybridized carbons (Fsp3) is 1.00. The lowest BCUT2D eigenvalue weighted by Gasteiger charge is -2.23. The van der Waals surface area contributed by atoms with Gasteiger partial charge in [-0.1, -0.05) is 0 Å². The van der Waals surface area contributed by atoms with E-state index in [1.807, 2.05) is 6.92 Å². The Hall–Kier alpha value is -0.120. The summed E-state index contributed by atoms with van der Waals surface area (Å²) in [5.74, 6) is 0. The molecule has 0 saturated carbocycles. The number of rotatable bonds is 2. The van der Waals surface area contributed by atoms with Crippen LogP contribution in [0.25, 0.3) is 0 Å². The van der Waals surface area contributed by atoms with Gasteiger partial charge in [-0.3, -0.25) is 0 Å². The molecule has 59 valence electrons. The molecule has 0 aromatic heterocycles. The Kier molecular flexibility index (Phi) is 3.12. The van der Waals surface area contributed by atoms with Gasteiger partial charge in [-0.05, 0) is 19.8 Å². The highest BCUT2D eigenvalue weighted by Crippen LogP contribution is 2.08. The summed E-state index contributed by atoms with van der Waals surface area (Å²) in [5.41, 5.74) is 5.61. The van der Waals surface area contributed by atoms with Crippen LogP contribution in [0.4, 0.5) is 0 Å². The van der Waals surface area contributed by atoms with E-state index >= 15 is 0 Å². The minimum atomic E-state index is 0.253. The highest BCUT2D eigenvalue weighted by atomic mass is 16.5. The Labute approximate surface area is 61.9 Å². The van der Waals surface area contributed by atoms with E-state index in [2.05, 4.69) is 5.32 Å². The average Bonchev–Trinajstić information content (AvgIpc) is 1.88. The number of hydrogen-bond acceptors (Lipinski definition) is 2. The molecule has 2 atom stereocenters. The van der Waals surface area contributed by atoms with Crippen LogP contribution >= 0.6 is 0 Å². The number of ether oxygens (including phenoxy) is 1. The second-order valence-electron chi connectivity index (χ2n) is 2.87. The van der Waals surface area contributed by atoms with Crippen LogP contribution in [0, 0.1) is 0 Å². The van der Waals surface area contributed by atoms with Crippen molar-refractivity contribution in [3.63, 3.8) is 0 Å². The maximum Gasteiger partial charge on any atom is 0.112 e. The zero-order valence-corrected chi connectivity index (χ0v) is 6.42. The first-order chi connectivity index (χ1) is 4.79. The Morgan fingerprint density at radius 2 is 2.60 bits per heavy atom. The highest BCUT2D eigenvalue weighted by Gasteiger charge is 2.14. The van der Waals surface area contributed by atoms with Gasteiger partial charge in [-0.2, -0.15) is 0 Å². The fourth-order valence-corrected chi connectivity index (χ4v) is 1.14. The molecule has 1 heterocycles. The summed E-state index contributed by atoms with van der Waals surface area (Å²) in [6, 6.07) is 0.253. The van der Waals surface area contributed by atoms with Crippen LogP contribution in [0.5, 0.6) is 0 Å². The van der Waals surface area contributed by atoms with E-state index in [9.17, 15) is 0 Å². The van der Waals surface area contributed by atoms with Gasteiger partial charge < -0.3 is 10.5 Å². The second-order valence-corrected chi connectivity index (χ2v) is 2.87. The predicted molar refractivity (Wildman–Crippen MR) is 39.6 cm³/mol. The van der Waals surface area contributed by atoms with Gasteiger partial charge in [0.05, 0.1) is 6.10 Å². The van der Waals surface area contributed by atoms with Gasteiger partial charge in [0.25, 0.3) is 0 Å². The molecule has 1 fully saturated rings. The van der Waals surface area contributed by atoms with Gasteiger partial charge in [0.2, 0.25) is 0 Å². The molecule has 0 amide bonds. The van der Waals surface area contributed by atoms with Crippen LogP contribution in [0.2, 0.25) is 0 Å². The normalized spacial score (nSPS) is 30.0. The van der Waals surface area contributed by atoms with E-state index in [1.54, 1.807) is 0 Å². The lowest BCUT2D eigenvalue weighted by Crippen LogP contribution is -2.33. The summed E-state index contributed by atoms with van der Waals surface area (Å²) >= 11 is 0. The summed E-state index contributed by atoms with van der Waals surface area (Å²) in [7, 11) is 0. The molecule has 1 rings (SSSR count). The molecule has 2 N–H and O–H groups in total. The predicted octanol–water partition coefficient (Wildman–Crippen LogP) is 0.0745. The first-order valence-corrected chi connectivity index (χ1v) is 3.79. The molecule has 2 unspecified atom stereocenters. The van der Waals surface area contributed by atoms with Gasteiger partial charge in [0.1, 0.15) is 6.73 Å². The zero-order chi connectivity index (χ0) is 7.40. The standard InChI is InChI=1S/C7H15N2O/c1-6(8)4-7-2-3-9-5-10-7/h6-7H,2-5,8H2,1H3. The molecule has 0 spiro atoms. The van der Waals surface area contributed by atoms with Crippen LogP contribution < -0.4 is 11.1 Å². The molecular formula is C7H15N2O. The zero-order valence-electron chi connectivity index (χ0n) is 6.42. The fourth-order valence-electron chi connectivity index (χ4n) is 1.14.